The molecule has 3 unspecified atom stereocenters. The van der Waals surface area contributed by atoms with E-state index in [4.69, 9.17) is 44.8 Å². The highest BCUT2D eigenvalue weighted by molar-refractivity contribution is 7.45. The van der Waals surface area contributed by atoms with E-state index in [-0.39, 0.29) is 0 Å². The fraction of sp³-hybridized carbons (Fsp3) is 0.714. The maximum absolute atomic E-state index is 10.6. The largest absolute Gasteiger partial charge is 0.475 e. The number of carbonyl (C=O) groups is 2. The van der Waals surface area contributed by atoms with Gasteiger partial charge in [-0.15, -0.1) is 0 Å². The Morgan fingerprint density at radius 3 is 1.63 bits per heavy atom. The SMILES string of the molecule is O=C(O)C(=O)CC(O)C(O)C(O)CO.O=P(O)(O)O. The third kappa shape index (κ3) is 13.3. The van der Waals surface area contributed by atoms with Crippen molar-refractivity contribution < 1.29 is 54.4 Å². The highest BCUT2D eigenvalue weighted by Crippen LogP contribution is 2.25. The zero-order valence-electron chi connectivity index (χ0n) is 9.40. The molecule has 0 aliphatic carbocycles. The first-order chi connectivity index (χ1) is 8.40. The number of aliphatic hydroxyl groups is 4. The second-order valence-corrected chi connectivity index (χ2v) is 4.28. The van der Waals surface area contributed by atoms with Crippen molar-refractivity contribution in [2.45, 2.75) is 24.7 Å². The van der Waals surface area contributed by atoms with E-state index in [0.29, 0.717) is 0 Å². The maximum Gasteiger partial charge on any atom is 0.466 e. The van der Waals surface area contributed by atoms with Gasteiger partial charge < -0.3 is 40.2 Å². The molecule has 0 aromatic heterocycles. The van der Waals surface area contributed by atoms with E-state index in [2.05, 4.69) is 0 Å². The molecule has 0 heterocycles. The predicted molar refractivity (Wildman–Crippen MR) is 56.6 cm³/mol. The van der Waals surface area contributed by atoms with E-state index < -0.39 is 50.9 Å². The third-order valence-corrected chi connectivity index (χ3v) is 1.61. The van der Waals surface area contributed by atoms with E-state index in [1.54, 1.807) is 0 Å². The number of Topliss-reactive ketones (excluding diaryl/α,β-unsaturated/α-hetero) is 1. The number of aliphatic hydroxyl groups excluding tert-OH is 4. The molecule has 0 bridgehead atoms. The smallest absolute Gasteiger partial charge is 0.466 e. The summed E-state index contributed by atoms with van der Waals surface area (Å²) in [5, 5.41) is 43.4. The topological polar surface area (TPSA) is 213 Å². The van der Waals surface area contributed by atoms with Crippen LogP contribution in [0.2, 0.25) is 0 Å². The molecular weight excluding hydrogens is 291 g/mol. The number of phosphoric acid groups is 1. The van der Waals surface area contributed by atoms with Crippen molar-refractivity contribution >= 4 is 19.6 Å². The van der Waals surface area contributed by atoms with Gasteiger partial charge in [0.15, 0.2) is 0 Å². The number of carboxylic acid groups (broad SMARTS) is 1. The number of carboxylic acids is 1. The lowest BCUT2D eigenvalue weighted by Gasteiger charge is -2.20. The van der Waals surface area contributed by atoms with Crippen molar-refractivity contribution in [1.29, 1.82) is 0 Å². The highest BCUT2D eigenvalue weighted by Gasteiger charge is 2.27. The highest BCUT2D eigenvalue weighted by atomic mass is 31.2. The number of ketones is 1. The molecule has 3 atom stereocenters. The maximum atomic E-state index is 10.6. The lowest BCUT2D eigenvalue weighted by atomic mass is 10.0. The second kappa shape index (κ2) is 9.07. The Morgan fingerprint density at radius 2 is 1.37 bits per heavy atom. The van der Waals surface area contributed by atoms with Gasteiger partial charge >= 0.3 is 13.8 Å². The first kappa shape index (κ1) is 20.4. The van der Waals surface area contributed by atoms with Crippen LogP contribution in [0.1, 0.15) is 6.42 Å². The van der Waals surface area contributed by atoms with Gasteiger partial charge in [-0.3, -0.25) is 4.79 Å². The Balaban J connectivity index is 0. The minimum Gasteiger partial charge on any atom is -0.475 e. The number of hydrogen-bond donors (Lipinski definition) is 8. The lowest BCUT2D eigenvalue weighted by Crippen LogP contribution is -2.41. The second-order valence-electron chi connectivity index (χ2n) is 3.25. The van der Waals surface area contributed by atoms with Crippen LogP contribution in [0.25, 0.3) is 0 Å². The van der Waals surface area contributed by atoms with E-state index in [9.17, 15) is 9.59 Å². The predicted octanol–water partition coefficient (Wildman–Crippen LogP) is -3.82. The van der Waals surface area contributed by atoms with Gasteiger partial charge in [0.2, 0.25) is 5.78 Å². The van der Waals surface area contributed by atoms with Gasteiger partial charge in [-0.1, -0.05) is 0 Å². The fourth-order valence-electron chi connectivity index (χ4n) is 0.762. The van der Waals surface area contributed by atoms with Crippen LogP contribution >= 0.6 is 7.82 Å². The van der Waals surface area contributed by atoms with Crippen molar-refractivity contribution in [3.8, 4) is 0 Å². The van der Waals surface area contributed by atoms with Crippen LogP contribution in [-0.2, 0) is 14.2 Å². The summed E-state index contributed by atoms with van der Waals surface area (Å²) >= 11 is 0. The number of carbonyl (C=O) groups excluding carboxylic acids is 1. The summed E-state index contributed by atoms with van der Waals surface area (Å²) in [5.74, 6) is -3.00. The van der Waals surface area contributed by atoms with Crippen molar-refractivity contribution in [3.05, 3.63) is 0 Å². The molecule has 11 nitrogen and oxygen atoms in total. The Labute approximate surface area is 106 Å². The molecule has 0 fully saturated rings. The summed E-state index contributed by atoms with van der Waals surface area (Å²) in [4.78, 5) is 42.2. The Bertz CT molecular complexity index is 328. The molecule has 0 spiro atoms. The molecule has 0 saturated heterocycles. The molecule has 0 aliphatic rings. The van der Waals surface area contributed by atoms with Gasteiger partial charge in [0, 0.05) is 6.42 Å². The van der Waals surface area contributed by atoms with E-state index in [0.717, 1.165) is 0 Å². The van der Waals surface area contributed by atoms with E-state index in [1.165, 1.54) is 0 Å². The van der Waals surface area contributed by atoms with Gasteiger partial charge in [-0.05, 0) is 0 Å². The van der Waals surface area contributed by atoms with Gasteiger partial charge in [-0.2, -0.15) is 0 Å². The minimum absolute atomic E-state index is 0.792. The third-order valence-electron chi connectivity index (χ3n) is 1.61. The van der Waals surface area contributed by atoms with Crippen LogP contribution in [-0.4, -0.2) is 76.9 Å². The molecule has 114 valence electrons. The lowest BCUT2D eigenvalue weighted by molar-refractivity contribution is -0.151. The number of hydrogen-bond acceptors (Lipinski definition) is 7. The van der Waals surface area contributed by atoms with Crippen molar-refractivity contribution in [3.63, 3.8) is 0 Å². The quantitative estimate of drug-likeness (QED) is 0.176. The van der Waals surface area contributed by atoms with Gasteiger partial charge in [0.05, 0.1) is 12.7 Å². The normalized spacial score (nSPS) is 15.7. The van der Waals surface area contributed by atoms with Crippen LogP contribution in [0.4, 0.5) is 0 Å². The van der Waals surface area contributed by atoms with Gasteiger partial charge in [-0.25, -0.2) is 9.36 Å². The van der Waals surface area contributed by atoms with Crippen molar-refractivity contribution in [1.82, 2.24) is 0 Å². The molecule has 0 saturated carbocycles. The molecule has 12 heteroatoms. The summed E-state index contributed by atoms with van der Waals surface area (Å²) in [5.41, 5.74) is 0. The Morgan fingerprint density at radius 1 is 1.00 bits per heavy atom. The standard InChI is InChI=1S/C7H12O7.H3O4P/c8-2-5(11)6(12)3(9)1-4(10)7(13)14;1-5(2,3)4/h3,5-6,8-9,11-12H,1-2H2,(H,13,14);(H3,1,2,3,4). The molecule has 0 aromatic rings. The summed E-state index contributed by atoms with van der Waals surface area (Å²) in [6, 6.07) is 0. The molecule has 0 aromatic carbocycles. The van der Waals surface area contributed by atoms with Crippen molar-refractivity contribution in [2.75, 3.05) is 6.61 Å². The Hall–Kier alpha value is -0.910. The van der Waals surface area contributed by atoms with Crippen LogP contribution in [0.3, 0.4) is 0 Å². The molecule has 0 rings (SSSR count). The zero-order valence-corrected chi connectivity index (χ0v) is 10.3. The van der Waals surface area contributed by atoms with Gasteiger partial charge in [0.1, 0.15) is 12.2 Å². The molecule has 8 N–H and O–H groups in total. The molecule has 19 heavy (non-hydrogen) atoms. The summed E-state index contributed by atoms with van der Waals surface area (Å²) in [6.45, 7) is -0.792. The molecule has 0 amide bonds. The van der Waals surface area contributed by atoms with E-state index in [1.807, 2.05) is 0 Å². The number of rotatable bonds is 6. The van der Waals surface area contributed by atoms with Crippen LogP contribution in [0.15, 0.2) is 0 Å². The average molecular weight is 306 g/mol. The summed E-state index contributed by atoms with van der Waals surface area (Å²) in [6.07, 6.45) is -5.87. The minimum atomic E-state index is -4.64. The Kier molecular flexibility index (Phi) is 9.74. The molecule has 0 aliphatic heterocycles. The molecule has 0 radical (unpaired) electrons. The van der Waals surface area contributed by atoms with Crippen LogP contribution in [0.5, 0.6) is 0 Å². The van der Waals surface area contributed by atoms with Gasteiger partial charge in [0.25, 0.3) is 0 Å². The first-order valence-corrected chi connectivity index (χ1v) is 6.16. The zero-order chi connectivity index (χ0) is 15.8. The van der Waals surface area contributed by atoms with Crippen LogP contribution < -0.4 is 0 Å². The number of aliphatic carboxylic acids is 1. The molecular formula is C7H15O11P. The van der Waals surface area contributed by atoms with Crippen molar-refractivity contribution in [2.24, 2.45) is 0 Å². The monoisotopic (exact) mass is 306 g/mol. The van der Waals surface area contributed by atoms with E-state index >= 15 is 0 Å². The summed E-state index contributed by atoms with van der Waals surface area (Å²) in [7, 11) is -4.64. The first-order valence-electron chi connectivity index (χ1n) is 4.59. The average Bonchev–Trinajstić information content (AvgIpc) is 2.24. The van der Waals surface area contributed by atoms with Crippen LogP contribution in [0, 0.1) is 0 Å². The summed E-state index contributed by atoms with van der Waals surface area (Å²) < 4.78 is 8.88. The fourth-order valence-corrected chi connectivity index (χ4v) is 0.762.